The largest absolute Gasteiger partial charge is 0.397 e. The lowest BCUT2D eigenvalue weighted by Gasteiger charge is -2.35. The Bertz CT molecular complexity index is 531. The molecular formula is C15H21ClF3N3O. The van der Waals surface area contributed by atoms with E-state index >= 15 is 0 Å². The van der Waals surface area contributed by atoms with Crippen LogP contribution in [0.25, 0.3) is 0 Å². The van der Waals surface area contributed by atoms with Crippen LogP contribution in [0.1, 0.15) is 12.8 Å². The van der Waals surface area contributed by atoms with Gasteiger partial charge in [0.25, 0.3) is 0 Å². The number of hydrogen-bond donors (Lipinski definition) is 2. The van der Waals surface area contributed by atoms with Crippen LogP contribution < -0.4 is 16.0 Å². The van der Waals surface area contributed by atoms with Crippen molar-refractivity contribution in [3.63, 3.8) is 0 Å². The molecule has 0 radical (unpaired) electrons. The number of nitrogens with one attached hydrogen (secondary N) is 1. The second-order valence-electron chi connectivity index (χ2n) is 5.61. The van der Waals surface area contributed by atoms with Gasteiger partial charge < -0.3 is 20.7 Å². The lowest BCUT2D eigenvalue weighted by atomic mass is 9.96. The Labute approximate surface area is 138 Å². The van der Waals surface area contributed by atoms with Crippen LogP contribution >= 0.6 is 11.6 Å². The van der Waals surface area contributed by atoms with E-state index in [4.69, 9.17) is 22.1 Å². The Balaban J connectivity index is 2.09. The van der Waals surface area contributed by atoms with E-state index < -0.39 is 12.1 Å². The number of nitrogens with two attached hydrogens (primary N) is 1. The summed E-state index contributed by atoms with van der Waals surface area (Å²) in [5, 5.41) is 3.59. The number of piperidine rings is 1. The van der Waals surface area contributed by atoms with E-state index in [1.54, 1.807) is 19.2 Å². The Kier molecular flexibility index (Phi) is 5.86. The standard InChI is InChI=1S/C15H21ClF3N3O/c1-23-7-4-21-13-9-14(11(16)8-12(13)20)22-5-2-10(3-6-22)15(17,18)19/h8-10,21H,2-7,20H2,1H3. The topological polar surface area (TPSA) is 50.5 Å². The minimum Gasteiger partial charge on any atom is -0.397 e. The van der Waals surface area contributed by atoms with E-state index in [0.29, 0.717) is 48.3 Å². The Morgan fingerprint density at radius 1 is 1.35 bits per heavy atom. The van der Waals surface area contributed by atoms with Gasteiger partial charge in [0.05, 0.1) is 34.6 Å². The molecule has 130 valence electrons. The van der Waals surface area contributed by atoms with Gasteiger partial charge in [-0.3, -0.25) is 0 Å². The maximum Gasteiger partial charge on any atom is 0.391 e. The first-order chi connectivity index (χ1) is 10.8. The van der Waals surface area contributed by atoms with Crippen LogP contribution in [0.2, 0.25) is 5.02 Å². The molecule has 0 spiro atoms. The molecule has 1 heterocycles. The fourth-order valence-corrected chi connectivity index (χ4v) is 3.00. The summed E-state index contributed by atoms with van der Waals surface area (Å²) in [5.41, 5.74) is 7.84. The SMILES string of the molecule is COCCNc1cc(N2CCC(C(F)(F)F)CC2)c(Cl)cc1N. The van der Waals surface area contributed by atoms with E-state index in [0.717, 1.165) is 0 Å². The first-order valence-corrected chi connectivity index (χ1v) is 7.84. The van der Waals surface area contributed by atoms with Crippen LogP contribution in [-0.2, 0) is 4.74 Å². The number of halogens is 4. The van der Waals surface area contributed by atoms with E-state index in [9.17, 15) is 13.2 Å². The van der Waals surface area contributed by atoms with Gasteiger partial charge >= 0.3 is 6.18 Å². The van der Waals surface area contributed by atoms with E-state index in [1.807, 2.05) is 4.90 Å². The third kappa shape index (κ3) is 4.57. The quantitative estimate of drug-likeness (QED) is 0.626. The lowest BCUT2D eigenvalue weighted by molar-refractivity contribution is -0.179. The number of alkyl halides is 3. The number of ether oxygens (including phenoxy) is 1. The van der Waals surface area contributed by atoms with Crippen LogP contribution in [0.15, 0.2) is 12.1 Å². The van der Waals surface area contributed by atoms with Crippen molar-refractivity contribution in [2.24, 2.45) is 5.92 Å². The molecule has 1 aromatic carbocycles. The van der Waals surface area contributed by atoms with Crippen molar-refractivity contribution in [2.75, 3.05) is 49.3 Å². The number of anilines is 3. The molecule has 0 aromatic heterocycles. The van der Waals surface area contributed by atoms with Gasteiger partial charge in [0, 0.05) is 26.7 Å². The number of nitrogens with zero attached hydrogens (tertiary/aromatic N) is 1. The number of nitrogen functional groups attached to an aromatic ring is 1. The van der Waals surface area contributed by atoms with Gasteiger partial charge in [-0.05, 0) is 25.0 Å². The van der Waals surface area contributed by atoms with Crippen LogP contribution in [0.5, 0.6) is 0 Å². The van der Waals surface area contributed by atoms with Crippen molar-refractivity contribution < 1.29 is 17.9 Å². The highest BCUT2D eigenvalue weighted by molar-refractivity contribution is 6.33. The molecule has 0 atom stereocenters. The highest BCUT2D eigenvalue weighted by atomic mass is 35.5. The summed E-state index contributed by atoms with van der Waals surface area (Å²) in [7, 11) is 1.60. The summed E-state index contributed by atoms with van der Waals surface area (Å²) in [6.07, 6.45) is -3.96. The van der Waals surface area contributed by atoms with Crippen molar-refractivity contribution >= 4 is 28.7 Å². The fourth-order valence-electron chi connectivity index (χ4n) is 2.71. The summed E-state index contributed by atoms with van der Waals surface area (Å²) in [6, 6.07) is 3.42. The average molecular weight is 352 g/mol. The molecule has 1 aliphatic rings. The Hall–Kier alpha value is -1.34. The maximum atomic E-state index is 12.8. The van der Waals surface area contributed by atoms with E-state index in [-0.39, 0.29) is 12.8 Å². The van der Waals surface area contributed by atoms with Crippen LogP contribution in [0, 0.1) is 5.92 Å². The van der Waals surface area contributed by atoms with Crippen LogP contribution in [0.4, 0.5) is 30.2 Å². The molecule has 23 heavy (non-hydrogen) atoms. The van der Waals surface area contributed by atoms with Crippen LogP contribution in [-0.4, -0.2) is 39.5 Å². The summed E-state index contributed by atoms with van der Waals surface area (Å²) < 4.78 is 43.2. The zero-order valence-electron chi connectivity index (χ0n) is 12.9. The molecule has 1 aliphatic heterocycles. The van der Waals surface area contributed by atoms with Crippen molar-refractivity contribution in [3.8, 4) is 0 Å². The monoisotopic (exact) mass is 351 g/mol. The van der Waals surface area contributed by atoms with Crippen molar-refractivity contribution in [3.05, 3.63) is 17.2 Å². The average Bonchev–Trinajstić information content (AvgIpc) is 2.49. The van der Waals surface area contributed by atoms with E-state index in [2.05, 4.69) is 5.32 Å². The van der Waals surface area contributed by atoms with Gasteiger partial charge in [0.1, 0.15) is 0 Å². The zero-order valence-corrected chi connectivity index (χ0v) is 13.7. The highest BCUT2D eigenvalue weighted by Crippen LogP contribution is 2.39. The third-order valence-corrected chi connectivity index (χ3v) is 4.34. The summed E-state index contributed by atoms with van der Waals surface area (Å²) >= 11 is 6.23. The molecule has 0 aliphatic carbocycles. The van der Waals surface area contributed by atoms with Gasteiger partial charge in [0.15, 0.2) is 0 Å². The molecule has 1 aromatic rings. The number of benzene rings is 1. The van der Waals surface area contributed by atoms with Crippen LogP contribution in [0.3, 0.4) is 0 Å². The summed E-state index contributed by atoms with van der Waals surface area (Å²) in [6.45, 7) is 1.75. The van der Waals surface area contributed by atoms with E-state index in [1.165, 1.54) is 0 Å². The smallest absolute Gasteiger partial charge is 0.391 e. The molecule has 0 bridgehead atoms. The number of methoxy groups -OCH3 is 1. The highest BCUT2D eigenvalue weighted by Gasteiger charge is 2.41. The molecule has 1 saturated heterocycles. The van der Waals surface area contributed by atoms with Gasteiger partial charge in [0.2, 0.25) is 0 Å². The van der Waals surface area contributed by atoms with Gasteiger partial charge in [-0.25, -0.2) is 0 Å². The fraction of sp³-hybridized carbons (Fsp3) is 0.600. The minimum absolute atomic E-state index is 0.0800. The normalized spacial score (nSPS) is 16.7. The molecule has 1 fully saturated rings. The molecule has 3 N–H and O–H groups in total. The Morgan fingerprint density at radius 3 is 2.57 bits per heavy atom. The molecule has 2 rings (SSSR count). The molecule has 0 saturated carbocycles. The third-order valence-electron chi connectivity index (χ3n) is 4.04. The Morgan fingerprint density at radius 2 is 2.00 bits per heavy atom. The summed E-state index contributed by atoms with van der Waals surface area (Å²) in [4.78, 5) is 1.88. The van der Waals surface area contributed by atoms with Crippen molar-refractivity contribution in [1.82, 2.24) is 0 Å². The molecule has 0 unspecified atom stereocenters. The predicted molar refractivity (Wildman–Crippen MR) is 87.2 cm³/mol. The van der Waals surface area contributed by atoms with Gasteiger partial charge in [-0.2, -0.15) is 13.2 Å². The second-order valence-corrected chi connectivity index (χ2v) is 6.02. The van der Waals surface area contributed by atoms with Crippen molar-refractivity contribution in [2.45, 2.75) is 19.0 Å². The maximum absolute atomic E-state index is 12.8. The lowest BCUT2D eigenvalue weighted by Crippen LogP contribution is -2.39. The van der Waals surface area contributed by atoms with Gasteiger partial charge in [-0.1, -0.05) is 11.6 Å². The number of rotatable bonds is 5. The first-order valence-electron chi connectivity index (χ1n) is 7.46. The molecule has 4 nitrogen and oxygen atoms in total. The first kappa shape index (κ1) is 18.0. The van der Waals surface area contributed by atoms with Crippen molar-refractivity contribution in [1.29, 1.82) is 0 Å². The van der Waals surface area contributed by atoms with Gasteiger partial charge in [-0.15, -0.1) is 0 Å². The predicted octanol–water partition coefficient (Wildman–Crippen LogP) is 3.76. The zero-order chi connectivity index (χ0) is 17.0. The molecule has 0 amide bonds. The second kappa shape index (κ2) is 7.49. The summed E-state index contributed by atoms with van der Waals surface area (Å²) in [5.74, 6) is -1.23. The number of hydrogen-bond acceptors (Lipinski definition) is 4. The minimum atomic E-state index is -4.12. The molecular weight excluding hydrogens is 331 g/mol. The molecule has 8 heteroatoms.